The van der Waals surface area contributed by atoms with Crippen LogP contribution in [-0.2, 0) is 14.8 Å². The van der Waals surface area contributed by atoms with Gasteiger partial charge in [-0.25, -0.2) is 12.8 Å². The standard InChI is InChI=1S/C15H20ClFN2O3S/c1-2-7-18-15(20)11-5-8-19(9-6-11)23(21,22)12-3-4-14(17)13(16)10-12/h3-4,10-11H,2,5-9H2,1H3,(H,18,20). The van der Waals surface area contributed by atoms with Crippen LogP contribution in [-0.4, -0.2) is 38.3 Å². The van der Waals surface area contributed by atoms with E-state index in [0.717, 1.165) is 18.6 Å². The summed E-state index contributed by atoms with van der Waals surface area (Å²) in [6, 6.07) is 3.36. The van der Waals surface area contributed by atoms with Crippen LogP contribution in [0.15, 0.2) is 23.1 Å². The Balaban J connectivity index is 2.03. The summed E-state index contributed by atoms with van der Waals surface area (Å²) in [6.45, 7) is 3.14. The van der Waals surface area contributed by atoms with Crippen molar-refractivity contribution in [2.45, 2.75) is 31.1 Å². The summed E-state index contributed by atoms with van der Waals surface area (Å²) < 4.78 is 39.6. The van der Waals surface area contributed by atoms with Gasteiger partial charge in [-0.1, -0.05) is 18.5 Å². The zero-order valence-corrected chi connectivity index (χ0v) is 14.5. The molecule has 0 spiro atoms. The molecule has 1 aliphatic rings. The maximum absolute atomic E-state index is 13.2. The molecule has 1 heterocycles. The van der Waals surface area contributed by atoms with E-state index in [1.807, 2.05) is 6.92 Å². The molecular weight excluding hydrogens is 343 g/mol. The second-order valence-corrected chi connectivity index (χ2v) is 7.89. The molecular formula is C15H20ClFN2O3S. The van der Waals surface area contributed by atoms with Gasteiger partial charge in [0.2, 0.25) is 15.9 Å². The summed E-state index contributed by atoms with van der Waals surface area (Å²) in [6.07, 6.45) is 1.82. The third-order valence-electron chi connectivity index (χ3n) is 3.90. The molecule has 1 aliphatic heterocycles. The minimum atomic E-state index is -3.72. The summed E-state index contributed by atoms with van der Waals surface area (Å²) in [7, 11) is -3.72. The normalized spacial score (nSPS) is 17.2. The highest BCUT2D eigenvalue weighted by molar-refractivity contribution is 7.89. The number of nitrogens with zero attached hydrogens (tertiary/aromatic N) is 1. The number of rotatable bonds is 5. The zero-order chi connectivity index (χ0) is 17.0. The Bertz CT molecular complexity index is 673. The predicted octanol–water partition coefficient (Wildman–Crippen LogP) is 2.41. The first-order valence-electron chi connectivity index (χ1n) is 7.59. The van der Waals surface area contributed by atoms with Gasteiger partial charge in [0, 0.05) is 25.6 Å². The van der Waals surface area contributed by atoms with Crippen LogP contribution in [0.1, 0.15) is 26.2 Å². The van der Waals surface area contributed by atoms with Crippen molar-refractivity contribution in [3.05, 3.63) is 29.0 Å². The van der Waals surface area contributed by atoms with E-state index in [9.17, 15) is 17.6 Å². The lowest BCUT2D eigenvalue weighted by Gasteiger charge is -2.30. The van der Waals surface area contributed by atoms with Crippen LogP contribution in [0.5, 0.6) is 0 Å². The fourth-order valence-electron chi connectivity index (χ4n) is 2.54. The van der Waals surface area contributed by atoms with E-state index in [-0.39, 0.29) is 34.8 Å². The molecule has 2 rings (SSSR count). The van der Waals surface area contributed by atoms with Gasteiger partial charge in [0.15, 0.2) is 0 Å². The Morgan fingerprint density at radius 1 is 1.39 bits per heavy atom. The van der Waals surface area contributed by atoms with Gasteiger partial charge in [0.25, 0.3) is 0 Å². The average molecular weight is 363 g/mol. The molecule has 1 fully saturated rings. The molecule has 0 aliphatic carbocycles. The van der Waals surface area contributed by atoms with Crippen molar-refractivity contribution < 1.29 is 17.6 Å². The number of sulfonamides is 1. The quantitative estimate of drug-likeness (QED) is 0.874. The monoisotopic (exact) mass is 362 g/mol. The highest BCUT2D eigenvalue weighted by Gasteiger charge is 2.32. The van der Waals surface area contributed by atoms with Gasteiger partial charge in [-0.15, -0.1) is 0 Å². The van der Waals surface area contributed by atoms with Gasteiger partial charge in [-0.05, 0) is 37.5 Å². The first kappa shape index (κ1) is 18.2. The molecule has 0 unspecified atom stereocenters. The van der Waals surface area contributed by atoms with E-state index in [1.165, 1.54) is 10.4 Å². The highest BCUT2D eigenvalue weighted by atomic mass is 35.5. The number of carbonyl (C=O) groups excluding carboxylic acids is 1. The number of nitrogens with one attached hydrogen (secondary N) is 1. The van der Waals surface area contributed by atoms with E-state index in [1.54, 1.807) is 0 Å². The molecule has 5 nitrogen and oxygen atoms in total. The summed E-state index contributed by atoms with van der Waals surface area (Å²) in [5, 5.41) is 2.61. The Labute approximate surface area is 140 Å². The van der Waals surface area contributed by atoms with Crippen LogP contribution in [0.25, 0.3) is 0 Å². The Morgan fingerprint density at radius 3 is 2.61 bits per heavy atom. The van der Waals surface area contributed by atoms with E-state index in [4.69, 9.17) is 11.6 Å². The van der Waals surface area contributed by atoms with Crippen LogP contribution >= 0.6 is 11.6 Å². The van der Waals surface area contributed by atoms with Crippen LogP contribution in [0.2, 0.25) is 5.02 Å². The molecule has 0 aromatic heterocycles. The molecule has 128 valence electrons. The zero-order valence-electron chi connectivity index (χ0n) is 12.9. The maximum atomic E-state index is 13.2. The largest absolute Gasteiger partial charge is 0.356 e. The van der Waals surface area contributed by atoms with Crippen molar-refractivity contribution in [2.75, 3.05) is 19.6 Å². The van der Waals surface area contributed by atoms with E-state index >= 15 is 0 Å². The molecule has 23 heavy (non-hydrogen) atoms. The third-order valence-corrected chi connectivity index (χ3v) is 6.09. The smallest absolute Gasteiger partial charge is 0.243 e. The SMILES string of the molecule is CCCNC(=O)C1CCN(S(=O)(=O)c2ccc(F)c(Cl)c2)CC1. The first-order chi connectivity index (χ1) is 10.9. The maximum Gasteiger partial charge on any atom is 0.243 e. The number of halogens is 2. The average Bonchev–Trinajstić information content (AvgIpc) is 2.55. The molecule has 0 saturated carbocycles. The molecule has 1 saturated heterocycles. The number of hydrogen-bond acceptors (Lipinski definition) is 3. The molecule has 0 atom stereocenters. The van der Waals surface area contributed by atoms with Gasteiger partial charge >= 0.3 is 0 Å². The predicted molar refractivity (Wildman–Crippen MR) is 86.2 cm³/mol. The molecule has 1 aromatic rings. The number of carbonyl (C=O) groups is 1. The van der Waals surface area contributed by atoms with E-state index in [0.29, 0.717) is 19.4 Å². The second kappa shape index (κ2) is 7.59. The molecule has 0 radical (unpaired) electrons. The number of hydrogen-bond donors (Lipinski definition) is 1. The minimum Gasteiger partial charge on any atom is -0.356 e. The summed E-state index contributed by atoms with van der Waals surface area (Å²) in [5.41, 5.74) is 0. The van der Waals surface area contributed by atoms with Crippen LogP contribution in [0, 0.1) is 11.7 Å². The highest BCUT2D eigenvalue weighted by Crippen LogP contribution is 2.26. The molecule has 8 heteroatoms. The molecule has 1 amide bonds. The van der Waals surface area contributed by atoms with Gasteiger partial charge in [-0.2, -0.15) is 4.31 Å². The van der Waals surface area contributed by atoms with E-state index in [2.05, 4.69) is 5.32 Å². The van der Waals surface area contributed by atoms with Crippen LogP contribution in [0.4, 0.5) is 4.39 Å². The van der Waals surface area contributed by atoms with Gasteiger partial charge < -0.3 is 5.32 Å². The third kappa shape index (κ3) is 4.22. The van der Waals surface area contributed by atoms with Crippen molar-refractivity contribution in [1.82, 2.24) is 9.62 Å². The number of piperidine rings is 1. The van der Waals surface area contributed by atoms with Gasteiger partial charge in [-0.3, -0.25) is 4.79 Å². The summed E-state index contributed by atoms with van der Waals surface area (Å²) in [4.78, 5) is 11.9. The Morgan fingerprint density at radius 2 is 2.04 bits per heavy atom. The fourth-order valence-corrected chi connectivity index (χ4v) is 4.28. The van der Waals surface area contributed by atoms with Gasteiger partial charge in [0.05, 0.1) is 9.92 Å². The Kier molecular flexibility index (Phi) is 6.00. The van der Waals surface area contributed by atoms with E-state index < -0.39 is 15.8 Å². The lowest BCUT2D eigenvalue weighted by molar-refractivity contribution is -0.126. The molecule has 1 N–H and O–H groups in total. The van der Waals surface area contributed by atoms with Crippen LogP contribution < -0.4 is 5.32 Å². The fraction of sp³-hybridized carbons (Fsp3) is 0.533. The lowest BCUT2D eigenvalue weighted by Crippen LogP contribution is -2.43. The first-order valence-corrected chi connectivity index (χ1v) is 9.41. The van der Waals surface area contributed by atoms with Crippen molar-refractivity contribution in [1.29, 1.82) is 0 Å². The minimum absolute atomic E-state index is 0.0197. The van der Waals surface area contributed by atoms with Crippen molar-refractivity contribution >= 4 is 27.5 Å². The summed E-state index contributed by atoms with van der Waals surface area (Å²) >= 11 is 5.66. The Hall–Kier alpha value is -1.18. The number of benzene rings is 1. The summed E-state index contributed by atoms with van der Waals surface area (Å²) in [5.74, 6) is -0.838. The van der Waals surface area contributed by atoms with Crippen molar-refractivity contribution in [2.24, 2.45) is 5.92 Å². The molecule has 0 bridgehead atoms. The van der Waals surface area contributed by atoms with Crippen molar-refractivity contribution in [3.63, 3.8) is 0 Å². The van der Waals surface area contributed by atoms with Crippen molar-refractivity contribution in [3.8, 4) is 0 Å². The number of amides is 1. The topological polar surface area (TPSA) is 66.5 Å². The lowest BCUT2D eigenvalue weighted by atomic mass is 9.97. The van der Waals surface area contributed by atoms with Gasteiger partial charge in [0.1, 0.15) is 5.82 Å². The van der Waals surface area contributed by atoms with Crippen LogP contribution in [0.3, 0.4) is 0 Å². The second-order valence-electron chi connectivity index (χ2n) is 5.55. The molecule has 1 aromatic carbocycles.